The van der Waals surface area contributed by atoms with Gasteiger partial charge in [-0.3, -0.25) is 0 Å². The van der Waals surface area contributed by atoms with Crippen molar-refractivity contribution in [2.45, 2.75) is 38.2 Å². The molecule has 1 aliphatic heterocycles. The third-order valence-electron chi connectivity index (χ3n) is 5.21. The van der Waals surface area contributed by atoms with Gasteiger partial charge in [0.15, 0.2) is 0 Å². The molecule has 0 saturated carbocycles. The van der Waals surface area contributed by atoms with E-state index >= 15 is 0 Å². The van der Waals surface area contributed by atoms with Crippen LogP contribution in [0.5, 0.6) is 0 Å². The lowest BCUT2D eigenvalue weighted by atomic mass is 9.90. The predicted molar refractivity (Wildman–Crippen MR) is 107 cm³/mol. The Bertz CT molecular complexity index is 581. The Morgan fingerprint density at radius 2 is 1.52 bits per heavy atom. The second-order valence-corrected chi connectivity index (χ2v) is 7.04. The smallest absolute Gasteiger partial charge is 0.0790 e. The summed E-state index contributed by atoms with van der Waals surface area (Å²) < 4.78 is 0. The lowest BCUT2D eigenvalue weighted by molar-refractivity contribution is 0.142. The van der Waals surface area contributed by atoms with Crippen LogP contribution in [-0.4, -0.2) is 29.6 Å². The van der Waals surface area contributed by atoms with Crippen LogP contribution < -0.4 is 0 Å². The number of rotatable bonds is 7. The number of halogens is 1. The summed E-state index contributed by atoms with van der Waals surface area (Å²) in [6.07, 6.45) is 5.43. The summed E-state index contributed by atoms with van der Waals surface area (Å²) >= 11 is 0. The molecule has 136 valence electrons. The van der Waals surface area contributed by atoms with E-state index in [1.165, 1.54) is 37.9 Å². The first-order valence-corrected chi connectivity index (χ1v) is 9.30. The van der Waals surface area contributed by atoms with Gasteiger partial charge >= 0.3 is 0 Å². The molecule has 2 nitrogen and oxygen atoms in total. The normalized spacial score (nSPS) is 17.0. The van der Waals surface area contributed by atoms with Crippen molar-refractivity contribution in [2.75, 3.05) is 19.6 Å². The van der Waals surface area contributed by atoms with Crippen LogP contribution >= 0.6 is 12.4 Å². The molecule has 3 heteroatoms. The summed E-state index contributed by atoms with van der Waals surface area (Å²) in [4.78, 5) is 2.57. The van der Waals surface area contributed by atoms with E-state index in [0.717, 1.165) is 30.9 Å². The lowest BCUT2D eigenvalue weighted by Gasteiger charge is -2.32. The van der Waals surface area contributed by atoms with Crippen LogP contribution in [0, 0.1) is 5.92 Å². The average molecular weight is 360 g/mol. The van der Waals surface area contributed by atoms with Crippen molar-refractivity contribution in [1.29, 1.82) is 0 Å². The highest BCUT2D eigenvalue weighted by Gasteiger charge is 2.19. The summed E-state index contributed by atoms with van der Waals surface area (Å²) in [7, 11) is 0. The van der Waals surface area contributed by atoms with Crippen LogP contribution in [0.1, 0.15) is 42.9 Å². The number of hydrogen-bond acceptors (Lipinski definition) is 2. The van der Waals surface area contributed by atoms with Gasteiger partial charge in [-0.25, -0.2) is 0 Å². The van der Waals surface area contributed by atoms with Crippen molar-refractivity contribution in [2.24, 2.45) is 5.92 Å². The summed E-state index contributed by atoms with van der Waals surface area (Å²) in [6, 6.07) is 20.9. The molecule has 1 unspecified atom stereocenters. The van der Waals surface area contributed by atoms with Gasteiger partial charge in [-0.2, -0.15) is 0 Å². The van der Waals surface area contributed by atoms with E-state index in [9.17, 15) is 5.11 Å². The quantitative estimate of drug-likeness (QED) is 0.761. The van der Waals surface area contributed by atoms with Gasteiger partial charge in [-0.1, -0.05) is 60.7 Å². The average Bonchev–Trinajstić information content (AvgIpc) is 2.65. The van der Waals surface area contributed by atoms with Gasteiger partial charge in [0.1, 0.15) is 0 Å². The van der Waals surface area contributed by atoms with Crippen molar-refractivity contribution >= 4 is 12.4 Å². The van der Waals surface area contributed by atoms with E-state index in [0.29, 0.717) is 0 Å². The maximum absolute atomic E-state index is 10.2. The molecule has 0 bridgehead atoms. The number of aliphatic hydroxyl groups is 1. The zero-order valence-electron chi connectivity index (χ0n) is 14.9. The monoisotopic (exact) mass is 359 g/mol. The number of nitrogens with zero attached hydrogens (tertiary/aromatic N) is 1. The molecule has 2 aromatic rings. The van der Waals surface area contributed by atoms with Crippen molar-refractivity contribution in [3.05, 3.63) is 71.8 Å². The van der Waals surface area contributed by atoms with Crippen LogP contribution in [0.25, 0.3) is 0 Å². The molecular weight excluding hydrogens is 330 g/mol. The summed E-state index contributed by atoms with van der Waals surface area (Å²) in [6.45, 7) is 3.53. The van der Waals surface area contributed by atoms with Crippen molar-refractivity contribution < 1.29 is 5.11 Å². The molecule has 0 aromatic heterocycles. The van der Waals surface area contributed by atoms with Crippen LogP contribution in [0.4, 0.5) is 0 Å². The molecule has 0 radical (unpaired) electrons. The molecule has 0 amide bonds. The van der Waals surface area contributed by atoms with Crippen LogP contribution in [0.3, 0.4) is 0 Å². The fourth-order valence-electron chi connectivity index (χ4n) is 3.71. The van der Waals surface area contributed by atoms with Crippen LogP contribution in [0.15, 0.2) is 60.7 Å². The maximum atomic E-state index is 10.2. The molecule has 1 atom stereocenters. The maximum Gasteiger partial charge on any atom is 0.0790 e. The van der Waals surface area contributed by atoms with Crippen LogP contribution in [0.2, 0.25) is 0 Å². The van der Waals surface area contributed by atoms with Gasteiger partial charge < -0.3 is 10.0 Å². The zero-order chi connectivity index (χ0) is 16.6. The van der Waals surface area contributed by atoms with Crippen LogP contribution in [-0.2, 0) is 6.42 Å². The van der Waals surface area contributed by atoms with E-state index in [-0.39, 0.29) is 18.5 Å². The first-order chi connectivity index (χ1) is 11.8. The minimum Gasteiger partial charge on any atom is -0.388 e. The number of aliphatic hydroxyl groups excluding tert-OH is 1. The van der Waals surface area contributed by atoms with Gasteiger partial charge in [0.2, 0.25) is 0 Å². The van der Waals surface area contributed by atoms with E-state index in [2.05, 4.69) is 35.2 Å². The standard InChI is InChI=1S/C22H29NO.ClH/c24-22(21-10-5-2-6-11-21)12-7-15-23-16-13-20(14-17-23)18-19-8-3-1-4-9-19;/h1-6,8-11,20,22,24H,7,12-18H2;1H. The van der Waals surface area contributed by atoms with E-state index in [4.69, 9.17) is 0 Å². The van der Waals surface area contributed by atoms with Gasteiger partial charge in [0, 0.05) is 0 Å². The number of piperidine rings is 1. The van der Waals surface area contributed by atoms with E-state index < -0.39 is 0 Å². The Balaban J connectivity index is 0.00000225. The van der Waals surface area contributed by atoms with Gasteiger partial charge in [0.05, 0.1) is 6.10 Å². The van der Waals surface area contributed by atoms with Gasteiger partial charge in [-0.15, -0.1) is 12.4 Å². The Morgan fingerprint density at radius 3 is 2.16 bits per heavy atom. The lowest BCUT2D eigenvalue weighted by Crippen LogP contribution is -2.35. The molecule has 0 aliphatic carbocycles. The molecule has 1 N–H and O–H groups in total. The molecule has 1 aliphatic rings. The molecule has 1 fully saturated rings. The van der Waals surface area contributed by atoms with Gasteiger partial charge in [-0.05, 0) is 68.8 Å². The zero-order valence-corrected chi connectivity index (χ0v) is 15.7. The minimum absolute atomic E-state index is 0. The third kappa shape index (κ3) is 6.47. The first kappa shape index (κ1) is 20.0. The highest BCUT2D eigenvalue weighted by atomic mass is 35.5. The highest BCUT2D eigenvalue weighted by Crippen LogP contribution is 2.23. The number of hydrogen-bond donors (Lipinski definition) is 1. The fourth-order valence-corrected chi connectivity index (χ4v) is 3.71. The largest absolute Gasteiger partial charge is 0.388 e. The molecule has 1 heterocycles. The molecule has 25 heavy (non-hydrogen) atoms. The molecule has 0 spiro atoms. The van der Waals surface area contributed by atoms with Gasteiger partial charge in [0.25, 0.3) is 0 Å². The minimum atomic E-state index is -0.318. The fraction of sp³-hybridized carbons (Fsp3) is 0.455. The predicted octanol–water partition coefficient (Wildman–Crippen LogP) is 4.88. The molecular formula is C22H30ClNO. The summed E-state index contributed by atoms with van der Waals surface area (Å²) in [5.41, 5.74) is 2.51. The Labute approximate surface area is 158 Å². The van der Waals surface area contributed by atoms with Crippen molar-refractivity contribution in [3.8, 4) is 0 Å². The summed E-state index contributed by atoms with van der Waals surface area (Å²) in [5, 5.41) is 10.2. The van der Waals surface area contributed by atoms with E-state index in [1.54, 1.807) is 0 Å². The molecule has 2 aromatic carbocycles. The Morgan fingerprint density at radius 1 is 0.920 bits per heavy atom. The SMILES string of the molecule is Cl.OC(CCCN1CCC(Cc2ccccc2)CC1)c1ccccc1. The molecule has 1 saturated heterocycles. The first-order valence-electron chi connectivity index (χ1n) is 9.30. The topological polar surface area (TPSA) is 23.5 Å². The number of likely N-dealkylation sites (tertiary alicyclic amines) is 1. The molecule has 3 rings (SSSR count). The second kappa shape index (κ2) is 10.6. The Kier molecular flexibility index (Phi) is 8.47. The van der Waals surface area contributed by atoms with Crippen molar-refractivity contribution in [1.82, 2.24) is 4.90 Å². The third-order valence-corrected chi connectivity index (χ3v) is 5.21. The highest BCUT2D eigenvalue weighted by molar-refractivity contribution is 5.85. The van der Waals surface area contributed by atoms with E-state index in [1.807, 2.05) is 30.3 Å². The second-order valence-electron chi connectivity index (χ2n) is 7.04. The summed E-state index contributed by atoms with van der Waals surface area (Å²) in [5.74, 6) is 0.832. The number of benzene rings is 2. The van der Waals surface area contributed by atoms with Crippen molar-refractivity contribution in [3.63, 3.8) is 0 Å². The Hall–Kier alpha value is -1.35.